The van der Waals surface area contributed by atoms with Crippen LogP contribution in [-0.4, -0.2) is 29.7 Å². The van der Waals surface area contributed by atoms with Gasteiger partial charge in [0.15, 0.2) is 0 Å². The summed E-state index contributed by atoms with van der Waals surface area (Å²) < 4.78 is 0. The standard InChI is InChI=1S/C15H21N3O3/c16-13-4-2-1-3-12(13)14(19)17-9-10-5-7-11(8-6-10)18-15(20)21/h1-4,10-11,18H,5-9,16H2,(H,17,19)(H,20,21). The third kappa shape index (κ3) is 4.37. The molecule has 6 heteroatoms. The van der Waals surface area contributed by atoms with Gasteiger partial charge in [0.1, 0.15) is 0 Å². The second-order valence-electron chi connectivity index (χ2n) is 5.46. The molecule has 1 fully saturated rings. The average molecular weight is 291 g/mol. The molecular formula is C15H21N3O3. The van der Waals surface area contributed by atoms with Crippen molar-refractivity contribution < 1.29 is 14.7 Å². The first-order valence-electron chi connectivity index (χ1n) is 7.18. The molecule has 0 radical (unpaired) electrons. The molecule has 0 bridgehead atoms. The number of carboxylic acid groups (broad SMARTS) is 1. The summed E-state index contributed by atoms with van der Waals surface area (Å²) in [5, 5.41) is 14.1. The highest BCUT2D eigenvalue weighted by Gasteiger charge is 2.22. The van der Waals surface area contributed by atoms with Crippen LogP contribution in [0.5, 0.6) is 0 Å². The number of rotatable bonds is 4. The lowest BCUT2D eigenvalue weighted by molar-refractivity contribution is 0.0943. The first-order chi connectivity index (χ1) is 10.1. The van der Waals surface area contributed by atoms with Crippen LogP contribution >= 0.6 is 0 Å². The lowest BCUT2D eigenvalue weighted by atomic mass is 9.86. The van der Waals surface area contributed by atoms with Gasteiger partial charge in [-0.15, -0.1) is 0 Å². The molecular weight excluding hydrogens is 270 g/mol. The minimum atomic E-state index is -0.966. The van der Waals surface area contributed by atoms with Gasteiger partial charge in [-0.25, -0.2) is 4.79 Å². The molecule has 2 amide bonds. The predicted octanol–water partition coefficient (Wildman–Crippen LogP) is 1.82. The number of benzene rings is 1. The fourth-order valence-corrected chi connectivity index (χ4v) is 2.72. The lowest BCUT2D eigenvalue weighted by Gasteiger charge is -2.28. The fourth-order valence-electron chi connectivity index (χ4n) is 2.72. The van der Waals surface area contributed by atoms with Crippen LogP contribution in [0.2, 0.25) is 0 Å². The molecule has 0 spiro atoms. The SMILES string of the molecule is Nc1ccccc1C(=O)NCC1CCC(NC(=O)O)CC1. The largest absolute Gasteiger partial charge is 0.465 e. The number of amides is 2. The maximum absolute atomic E-state index is 12.0. The maximum Gasteiger partial charge on any atom is 0.404 e. The van der Waals surface area contributed by atoms with Crippen molar-refractivity contribution in [3.63, 3.8) is 0 Å². The van der Waals surface area contributed by atoms with E-state index in [1.165, 1.54) is 0 Å². The topological polar surface area (TPSA) is 104 Å². The zero-order valence-electron chi connectivity index (χ0n) is 11.8. The molecule has 0 saturated heterocycles. The Morgan fingerprint density at radius 3 is 2.48 bits per heavy atom. The highest BCUT2D eigenvalue weighted by molar-refractivity contribution is 5.99. The van der Waals surface area contributed by atoms with Crippen LogP contribution in [0.25, 0.3) is 0 Å². The minimum Gasteiger partial charge on any atom is -0.465 e. The van der Waals surface area contributed by atoms with Gasteiger partial charge in [0.05, 0.1) is 5.56 Å². The predicted molar refractivity (Wildman–Crippen MR) is 80.1 cm³/mol. The van der Waals surface area contributed by atoms with Gasteiger partial charge >= 0.3 is 6.09 Å². The highest BCUT2D eigenvalue weighted by atomic mass is 16.4. The van der Waals surface area contributed by atoms with Crippen LogP contribution in [0.3, 0.4) is 0 Å². The molecule has 5 N–H and O–H groups in total. The summed E-state index contributed by atoms with van der Waals surface area (Å²) in [5.74, 6) is 0.240. The third-order valence-corrected chi connectivity index (χ3v) is 3.93. The molecule has 0 atom stereocenters. The van der Waals surface area contributed by atoms with Gasteiger partial charge in [-0.05, 0) is 43.7 Å². The van der Waals surface area contributed by atoms with Gasteiger partial charge in [-0.2, -0.15) is 0 Å². The first kappa shape index (κ1) is 15.2. The number of hydrogen-bond acceptors (Lipinski definition) is 3. The molecule has 0 aromatic heterocycles. The van der Waals surface area contributed by atoms with Crippen molar-refractivity contribution in [2.24, 2.45) is 5.92 Å². The van der Waals surface area contributed by atoms with Gasteiger partial charge in [0, 0.05) is 18.3 Å². The van der Waals surface area contributed by atoms with E-state index in [9.17, 15) is 9.59 Å². The number of para-hydroxylation sites is 1. The number of carbonyl (C=O) groups excluding carboxylic acids is 1. The molecule has 1 aliphatic carbocycles. The Hall–Kier alpha value is -2.24. The van der Waals surface area contributed by atoms with Crippen molar-refractivity contribution in [2.45, 2.75) is 31.7 Å². The number of nitrogens with two attached hydrogens (primary N) is 1. The molecule has 21 heavy (non-hydrogen) atoms. The summed E-state index contributed by atoms with van der Waals surface area (Å²) in [7, 11) is 0. The van der Waals surface area contributed by atoms with Gasteiger partial charge < -0.3 is 21.5 Å². The van der Waals surface area contributed by atoms with Gasteiger partial charge in [0.2, 0.25) is 0 Å². The molecule has 1 saturated carbocycles. The second-order valence-corrected chi connectivity index (χ2v) is 5.46. The van der Waals surface area contributed by atoms with Crippen molar-refractivity contribution in [3.8, 4) is 0 Å². The zero-order valence-corrected chi connectivity index (χ0v) is 11.8. The molecule has 114 valence electrons. The van der Waals surface area contributed by atoms with E-state index >= 15 is 0 Å². The van der Waals surface area contributed by atoms with Crippen molar-refractivity contribution >= 4 is 17.7 Å². The van der Waals surface area contributed by atoms with E-state index in [-0.39, 0.29) is 11.9 Å². The molecule has 0 aliphatic heterocycles. The third-order valence-electron chi connectivity index (χ3n) is 3.93. The van der Waals surface area contributed by atoms with E-state index in [0.29, 0.717) is 23.7 Å². The number of nitrogens with one attached hydrogen (secondary N) is 2. The van der Waals surface area contributed by atoms with Crippen molar-refractivity contribution in [1.29, 1.82) is 0 Å². The Balaban J connectivity index is 1.76. The summed E-state index contributed by atoms with van der Waals surface area (Å²) in [6.07, 6.45) is 2.50. The maximum atomic E-state index is 12.0. The van der Waals surface area contributed by atoms with Crippen LogP contribution < -0.4 is 16.4 Å². The minimum absolute atomic E-state index is 0.0409. The number of nitrogen functional groups attached to an aromatic ring is 1. The van der Waals surface area contributed by atoms with Crippen LogP contribution in [0.15, 0.2) is 24.3 Å². The second kappa shape index (κ2) is 6.97. The van der Waals surface area contributed by atoms with Gasteiger partial charge in [-0.1, -0.05) is 12.1 Å². The first-order valence-corrected chi connectivity index (χ1v) is 7.18. The fraction of sp³-hybridized carbons (Fsp3) is 0.467. The molecule has 2 rings (SSSR count). The zero-order chi connectivity index (χ0) is 15.2. The number of anilines is 1. The summed E-state index contributed by atoms with van der Waals surface area (Å²) in [4.78, 5) is 22.6. The van der Waals surface area contributed by atoms with E-state index in [1.807, 2.05) is 0 Å². The quantitative estimate of drug-likeness (QED) is 0.635. The summed E-state index contributed by atoms with van der Waals surface area (Å²) in [6, 6.07) is 7.03. The van der Waals surface area contributed by atoms with E-state index in [0.717, 1.165) is 25.7 Å². The van der Waals surface area contributed by atoms with Crippen LogP contribution in [0.4, 0.5) is 10.5 Å². The van der Waals surface area contributed by atoms with Gasteiger partial charge in [0.25, 0.3) is 5.91 Å². The molecule has 0 heterocycles. The summed E-state index contributed by atoms with van der Waals surface area (Å²) in [6.45, 7) is 0.604. The summed E-state index contributed by atoms with van der Waals surface area (Å²) >= 11 is 0. The van der Waals surface area contributed by atoms with Crippen molar-refractivity contribution in [3.05, 3.63) is 29.8 Å². The molecule has 1 aromatic rings. The number of carbonyl (C=O) groups is 2. The Labute approximate surface area is 123 Å². The summed E-state index contributed by atoms with van der Waals surface area (Å²) in [5.41, 5.74) is 6.75. The average Bonchev–Trinajstić information content (AvgIpc) is 2.46. The number of hydrogen-bond donors (Lipinski definition) is 4. The Morgan fingerprint density at radius 2 is 1.86 bits per heavy atom. The molecule has 6 nitrogen and oxygen atoms in total. The smallest absolute Gasteiger partial charge is 0.404 e. The van der Waals surface area contributed by atoms with Crippen LogP contribution in [-0.2, 0) is 0 Å². The Kier molecular flexibility index (Phi) is 5.03. The van der Waals surface area contributed by atoms with Crippen molar-refractivity contribution in [2.75, 3.05) is 12.3 Å². The lowest BCUT2D eigenvalue weighted by Crippen LogP contribution is -2.39. The van der Waals surface area contributed by atoms with Crippen LogP contribution in [0, 0.1) is 5.92 Å². The molecule has 0 unspecified atom stereocenters. The van der Waals surface area contributed by atoms with E-state index in [4.69, 9.17) is 10.8 Å². The van der Waals surface area contributed by atoms with Crippen molar-refractivity contribution in [1.82, 2.24) is 10.6 Å². The molecule has 1 aliphatic rings. The van der Waals surface area contributed by atoms with E-state index in [2.05, 4.69) is 10.6 Å². The van der Waals surface area contributed by atoms with Crippen LogP contribution in [0.1, 0.15) is 36.0 Å². The van der Waals surface area contributed by atoms with Gasteiger partial charge in [-0.3, -0.25) is 4.79 Å². The Morgan fingerprint density at radius 1 is 1.19 bits per heavy atom. The normalized spacial score (nSPS) is 21.5. The highest BCUT2D eigenvalue weighted by Crippen LogP contribution is 2.23. The monoisotopic (exact) mass is 291 g/mol. The molecule has 1 aromatic carbocycles. The van der Waals surface area contributed by atoms with E-state index < -0.39 is 6.09 Å². The van der Waals surface area contributed by atoms with E-state index in [1.54, 1.807) is 24.3 Å². The Bertz CT molecular complexity index is 511.